The Hall–Kier alpha value is -6.37. The standard InChI is InChI=1S/C27H18N2O2S.C22H19N/c1-28-25-20(21-15-18(11-12-19(21)16-30)17-7-3-2-4-8-17)13-14-24-26(25)29(27(28)31)22-9-5-6-10-23(22)32-24;1-22(2)18-10-6-4-8-14(18)16-12-17-15-9-5-7-11-20(15)23(3)21(17)13-19(16)22/h2-16H,1H3;4-13H,1-3H3. The van der Waals surface area contributed by atoms with Crippen molar-refractivity contribution < 1.29 is 4.79 Å². The van der Waals surface area contributed by atoms with E-state index in [0.29, 0.717) is 5.56 Å². The molecule has 1 aliphatic heterocycles. The fourth-order valence-corrected chi connectivity index (χ4v) is 9.95. The maximum absolute atomic E-state index is 13.3. The van der Waals surface area contributed by atoms with Crippen LogP contribution in [0.15, 0.2) is 160 Å². The minimum absolute atomic E-state index is 0.0660. The van der Waals surface area contributed by atoms with Crippen molar-refractivity contribution in [2.45, 2.75) is 29.1 Å². The molecule has 0 saturated carbocycles. The SMILES string of the molecule is Cn1c(=O)n2c3c(ccc(-c4cc(-c5ccccc5)ccc4C=O)c31)Sc1ccccc1-2.Cn1c2ccccc2c2cc3c(cc21)C(C)(C)c1ccccc1-3. The normalized spacial score (nSPS) is 13.3. The van der Waals surface area contributed by atoms with E-state index in [2.05, 4.69) is 104 Å². The number of imidazole rings is 1. The first kappa shape index (κ1) is 33.2. The van der Waals surface area contributed by atoms with Crippen LogP contribution in [-0.2, 0) is 19.5 Å². The van der Waals surface area contributed by atoms with Gasteiger partial charge >= 0.3 is 5.69 Å². The lowest BCUT2D eigenvalue weighted by Gasteiger charge is -2.21. The molecule has 0 saturated heterocycles. The summed E-state index contributed by atoms with van der Waals surface area (Å²) in [5.41, 5.74) is 15.3. The summed E-state index contributed by atoms with van der Waals surface area (Å²) in [7, 11) is 3.97. The molecule has 0 radical (unpaired) electrons. The summed E-state index contributed by atoms with van der Waals surface area (Å²) in [6.07, 6.45) is 0.884. The summed E-state index contributed by atoms with van der Waals surface area (Å²) < 4.78 is 5.81. The monoisotopic (exact) mass is 731 g/mol. The molecule has 0 spiro atoms. The molecule has 2 aromatic heterocycles. The number of nitrogens with zero attached hydrogens (tertiary/aromatic N) is 3. The first-order valence-electron chi connectivity index (χ1n) is 18.5. The molecule has 0 amide bonds. The van der Waals surface area contributed by atoms with Gasteiger partial charge in [-0.15, -0.1) is 0 Å². The van der Waals surface area contributed by atoms with Crippen LogP contribution in [0.1, 0.15) is 35.3 Å². The summed E-state index contributed by atoms with van der Waals surface area (Å²) in [6, 6.07) is 50.3. The Bertz CT molecular complexity index is 3110. The number of aryl methyl sites for hydroxylation is 2. The van der Waals surface area contributed by atoms with Crippen molar-refractivity contribution in [3.05, 3.63) is 173 Å². The molecule has 5 nitrogen and oxygen atoms in total. The Morgan fingerprint density at radius 3 is 2.13 bits per heavy atom. The van der Waals surface area contributed by atoms with Crippen LogP contribution < -0.4 is 5.69 Å². The van der Waals surface area contributed by atoms with Crippen LogP contribution in [0, 0.1) is 0 Å². The summed E-state index contributed by atoms with van der Waals surface area (Å²) in [5, 5.41) is 2.70. The number of rotatable bonds is 3. The quantitative estimate of drug-likeness (QED) is 0.170. The zero-order valence-corrected chi connectivity index (χ0v) is 31.8. The topological polar surface area (TPSA) is 48.9 Å². The molecule has 6 heteroatoms. The number of para-hydroxylation sites is 2. The Morgan fingerprint density at radius 1 is 0.545 bits per heavy atom. The average Bonchev–Trinajstić information content (AvgIpc) is 3.76. The summed E-state index contributed by atoms with van der Waals surface area (Å²) in [4.78, 5) is 27.4. The molecule has 0 atom stereocenters. The number of carbonyl (C=O) groups excluding carboxylic acids is 1. The molecule has 0 bridgehead atoms. The number of benzene rings is 7. The van der Waals surface area contributed by atoms with Gasteiger partial charge in [0.25, 0.3) is 0 Å². The number of aromatic nitrogens is 3. The van der Waals surface area contributed by atoms with E-state index in [-0.39, 0.29) is 11.1 Å². The van der Waals surface area contributed by atoms with Crippen molar-refractivity contribution >= 4 is 50.9 Å². The number of fused-ring (bicyclic) bond motifs is 8. The van der Waals surface area contributed by atoms with E-state index in [9.17, 15) is 9.59 Å². The van der Waals surface area contributed by atoms with Crippen molar-refractivity contribution in [3.63, 3.8) is 0 Å². The summed E-state index contributed by atoms with van der Waals surface area (Å²) >= 11 is 1.67. The van der Waals surface area contributed by atoms with Crippen LogP contribution in [0.5, 0.6) is 0 Å². The second-order valence-corrected chi connectivity index (χ2v) is 16.1. The fourth-order valence-electron chi connectivity index (χ4n) is 8.88. The highest BCUT2D eigenvalue weighted by Gasteiger charge is 2.36. The predicted octanol–water partition coefficient (Wildman–Crippen LogP) is 11.6. The smallest absolute Gasteiger partial charge is 0.333 e. The van der Waals surface area contributed by atoms with Crippen molar-refractivity contribution in [2.75, 3.05) is 0 Å². The molecular weight excluding hydrogens is 695 g/mol. The van der Waals surface area contributed by atoms with Gasteiger partial charge < -0.3 is 4.57 Å². The number of aldehydes is 1. The van der Waals surface area contributed by atoms with E-state index >= 15 is 0 Å². The molecule has 0 fully saturated rings. The second-order valence-electron chi connectivity index (χ2n) is 15.0. The lowest BCUT2D eigenvalue weighted by Crippen LogP contribution is -2.22. The highest BCUT2D eigenvalue weighted by atomic mass is 32.2. The van der Waals surface area contributed by atoms with Gasteiger partial charge in [0.15, 0.2) is 6.29 Å². The molecule has 1 aliphatic carbocycles. The van der Waals surface area contributed by atoms with Crippen LogP contribution >= 0.6 is 11.8 Å². The molecule has 9 aromatic rings. The highest BCUT2D eigenvalue weighted by Crippen LogP contribution is 2.50. The molecule has 55 heavy (non-hydrogen) atoms. The van der Waals surface area contributed by atoms with Gasteiger partial charge in [-0.2, -0.15) is 0 Å². The summed E-state index contributed by atoms with van der Waals surface area (Å²) in [5.74, 6) is 0. The van der Waals surface area contributed by atoms with Crippen molar-refractivity contribution in [2.24, 2.45) is 14.1 Å². The van der Waals surface area contributed by atoms with E-state index in [1.54, 1.807) is 27.9 Å². The van der Waals surface area contributed by atoms with E-state index < -0.39 is 0 Å². The molecule has 3 heterocycles. The third-order valence-electron chi connectivity index (χ3n) is 11.7. The van der Waals surface area contributed by atoms with Crippen LogP contribution in [0.25, 0.3) is 71.9 Å². The first-order chi connectivity index (χ1) is 26.8. The highest BCUT2D eigenvalue weighted by molar-refractivity contribution is 7.99. The van der Waals surface area contributed by atoms with Gasteiger partial charge in [0.1, 0.15) is 0 Å². The molecule has 0 unspecified atom stereocenters. The summed E-state index contributed by atoms with van der Waals surface area (Å²) in [6.45, 7) is 4.68. The number of hydrogen-bond donors (Lipinski definition) is 0. The Kier molecular flexibility index (Phi) is 7.45. The Balaban J connectivity index is 0.000000143. The molecule has 266 valence electrons. The Labute approximate surface area is 323 Å². The van der Waals surface area contributed by atoms with Crippen LogP contribution in [0.3, 0.4) is 0 Å². The zero-order valence-electron chi connectivity index (χ0n) is 31.0. The maximum Gasteiger partial charge on any atom is 0.333 e. The first-order valence-corrected chi connectivity index (χ1v) is 19.4. The second kappa shape index (κ2) is 12.3. The van der Waals surface area contributed by atoms with Crippen molar-refractivity contribution in [1.29, 1.82) is 0 Å². The Morgan fingerprint density at radius 2 is 1.29 bits per heavy atom. The molecule has 7 aromatic carbocycles. The van der Waals surface area contributed by atoms with Gasteiger partial charge in [-0.1, -0.05) is 129 Å². The van der Waals surface area contributed by atoms with Gasteiger partial charge in [0.2, 0.25) is 0 Å². The maximum atomic E-state index is 13.3. The predicted molar refractivity (Wildman–Crippen MR) is 227 cm³/mol. The van der Waals surface area contributed by atoms with E-state index in [0.717, 1.165) is 55.1 Å². The van der Waals surface area contributed by atoms with Gasteiger partial charge in [0, 0.05) is 62.2 Å². The lowest BCUT2D eigenvalue weighted by molar-refractivity contribution is 0.112. The minimum Gasteiger partial charge on any atom is -0.344 e. The molecule has 2 aliphatic rings. The molecule has 11 rings (SSSR count). The van der Waals surface area contributed by atoms with Crippen LogP contribution in [-0.4, -0.2) is 20.0 Å². The van der Waals surface area contributed by atoms with Gasteiger partial charge in [-0.25, -0.2) is 4.79 Å². The van der Waals surface area contributed by atoms with Gasteiger partial charge in [-0.05, 0) is 81.4 Å². The van der Waals surface area contributed by atoms with Crippen molar-refractivity contribution in [3.8, 4) is 39.1 Å². The number of carbonyl (C=O) groups is 1. The third kappa shape index (κ3) is 4.87. The number of hydrogen-bond acceptors (Lipinski definition) is 3. The third-order valence-corrected chi connectivity index (χ3v) is 12.8. The van der Waals surface area contributed by atoms with Gasteiger partial charge in [0.05, 0.1) is 16.7 Å². The van der Waals surface area contributed by atoms with Crippen LogP contribution in [0.4, 0.5) is 0 Å². The van der Waals surface area contributed by atoms with Crippen LogP contribution in [0.2, 0.25) is 0 Å². The average molecular weight is 732 g/mol. The van der Waals surface area contributed by atoms with Gasteiger partial charge in [-0.3, -0.25) is 13.9 Å². The fraction of sp³-hybridized carbons (Fsp3) is 0.102. The zero-order chi connectivity index (χ0) is 37.6. The molecule has 0 N–H and O–H groups in total. The minimum atomic E-state index is -0.0895. The molecular formula is C49H37N3O2S. The van der Waals surface area contributed by atoms with Crippen molar-refractivity contribution in [1.82, 2.24) is 13.7 Å². The lowest BCUT2D eigenvalue weighted by atomic mass is 9.82. The van der Waals surface area contributed by atoms with E-state index in [4.69, 9.17) is 0 Å². The largest absolute Gasteiger partial charge is 0.344 e. The van der Waals surface area contributed by atoms with E-state index in [1.807, 2.05) is 66.7 Å². The van der Waals surface area contributed by atoms with E-state index in [1.165, 1.54) is 44.1 Å².